The van der Waals surface area contributed by atoms with E-state index in [4.69, 9.17) is 4.52 Å². The lowest BCUT2D eigenvalue weighted by molar-refractivity contribution is -0.125. The predicted molar refractivity (Wildman–Crippen MR) is 80.6 cm³/mol. The number of Topliss-reactive ketones (excluding diaryl/α,β-unsaturated/α-hetero) is 1. The van der Waals surface area contributed by atoms with Crippen LogP contribution in [0.1, 0.15) is 64.6 Å². The van der Waals surface area contributed by atoms with Crippen molar-refractivity contribution in [3.05, 3.63) is 11.7 Å². The molecular weight excluding hydrogens is 272 g/mol. The van der Waals surface area contributed by atoms with Gasteiger partial charge in [-0.1, -0.05) is 45.2 Å². The molecule has 0 saturated heterocycles. The van der Waals surface area contributed by atoms with E-state index in [2.05, 4.69) is 10.1 Å². The second-order valence-corrected chi connectivity index (χ2v) is 7.81. The van der Waals surface area contributed by atoms with Crippen molar-refractivity contribution in [2.45, 2.75) is 70.3 Å². The topological polar surface area (TPSA) is 56.0 Å². The minimum absolute atomic E-state index is 0.132. The molecule has 112 valence electrons. The zero-order chi connectivity index (χ0) is 14.6. The van der Waals surface area contributed by atoms with Crippen molar-refractivity contribution in [1.29, 1.82) is 0 Å². The van der Waals surface area contributed by atoms with Gasteiger partial charge in [0.05, 0.1) is 12.2 Å². The van der Waals surface area contributed by atoms with E-state index in [1.165, 1.54) is 32.1 Å². The second kappa shape index (κ2) is 6.74. The maximum absolute atomic E-state index is 11.9. The smallest absolute Gasteiger partial charge is 0.234 e. The number of thioether (sulfide) groups is 1. The Morgan fingerprint density at radius 2 is 2.00 bits per heavy atom. The van der Waals surface area contributed by atoms with Crippen LogP contribution in [-0.4, -0.2) is 21.2 Å². The highest BCUT2D eigenvalue weighted by Gasteiger charge is 2.24. The molecule has 0 N–H and O–H groups in total. The number of hydrogen-bond donors (Lipinski definition) is 0. The number of nitrogens with zero attached hydrogens (tertiary/aromatic N) is 2. The molecule has 0 radical (unpaired) electrons. The molecule has 0 aliphatic heterocycles. The van der Waals surface area contributed by atoms with Gasteiger partial charge in [0.25, 0.3) is 0 Å². The third-order valence-corrected chi connectivity index (χ3v) is 5.03. The fraction of sp³-hybridized carbons (Fsp3) is 0.800. The van der Waals surface area contributed by atoms with E-state index in [-0.39, 0.29) is 17.6 Å². The normalized spacial score (nSPS) is 17.4. The van der Waals surface area contributed by atoms with E-state index < -0.39 is 0 Å². The molecule has 0 aromatic carbocycles. The summed E-state index contributed by atoms with van der Waals surface area (Å²) in [7, 11) is 0. The first-order valence-corrected chi connectivity index (χ1v) is 8.46. The van der Waals surface area contributed by atoms with Crippen molar-refractivity contribution in [2.24, 2.45) is 5.41 Å². The molecule has 0 spiro atoms. The molecule has 0 amide bonds. The van der Waals surface area contributed by atoms with Crippen molar-refractivity contribution in [1.82, 2.24) is 10.1 Å². The van der Waals surface area contributed by atoms with Crippen LogP contribution in [0.15, 0.2) is 4.52 Å². The first-order valence-electron chi connectivity index (χ1n) is 7.41. The lowest BCUT2D eigenvalue weighted by Gasteiger charge is -2.19. The van der Waals surface area contributed by atoms with Crippen molar-refractivity contribution in [3.63, 3.8) is 0 Å². The highest BCUT2D eigenvalue weighted by atomic mass is 32.2. The summed E-state index contributed by atoms with van der Waals surface area (Å²) in [5.74, 6) is 2.09. The fourth-order valence-electron chi connectivity index (χ4n) is 2.25. The quantitative estimate of drug-likeness (QED) is 0.827. The van der Waals surface area contributed by atoms with Gasteiger partial charge in [0.15, 0.2) is 5.82 Å². The first kappa shape index (κ1) is 15.5. The van der Waals surface area contributed by atoms with Crippen LogP contribution in [0.5, 0.6) is 0 Å². The summed E-state index contributed by atoms with van der Waals surface area (Å²) in [6.07, 6.45) is 6.91. The standard InChI is InChI=1S/C15H24N2O2S/c1-15(2,3)12(18)9-14-16-13(17-19-14)10-20-11-7-5-4-6-8-11/h11H,4-10H2,1-3H3. The molecule has 1 aliphatic rings. The largest absolute Gasteiger partial charge is 0.339 e. The summed E-state index contributed by atoms with van der Waals surface area (Å²) < 4.78 is 5.18. The van der Waals surface area contributed by atoms with E-state index in [1.54, 1.807) is 0 Å². The first-order chi connectivity index (χ1) is 9.45. The maximum Gasteiger partial charge on any atom is 0.234 e. The number of rotatable bonds is 5. The van der Waals surface area contributed by atoms with Gasteiger partial charge in [-0.05, 0) is 12.8 Å². The lowest BCUT2D eigenvalue weighted by atomic mass is 9.89. The van der Waals surface area contributed by atoms with Gasteiger partial charge < -0.3 is 4.52 Å². The third kappa shape index (κ3) is 4.62. The van der Waals surface area contributed by atoms with E-state index in [0.717, 1.165) is 16.8 Å². The van der Waals surface area contributed by atoms with Crippen LogP contribution in [-0.2, 0) is 17.0 Å². The van der Waals surface area contributed by atoms with Crippen LogP contribution in [0, 0.1) is 5.41 Å². The summed E-state index contributed by atoms with van der Waals surface area (Å²) in [6.45, 7) is 5.72. The number of aromatic nitrogens is 2. The summed E-state index contributed by atoms with van der Waals surface area (Å²) in [5, 5.41) is 4.71. The molecule has 1 aromatic heterocycles. The average molecular weight is 296 g/mol. The van der Waals surface area contributed by atoms with Gasteiger partial charge in [-0.2, -0.15) is 16.7 Å². The average Bonchev–Trinajstić information content (AvgIpc) is 2.84. The van der Waals surface area contributed by atoms with Gasteiger partial charge in [0.2, 0.25) is 5.89 Å². The van der Waals surface area contributed by atoms with Gasteiger partial charge >= 0.3 is 0 Å². The Labute approximate surface area is 125 Å². The number of ketones is 1. The van der Waals surface area contributed by atoms with E-state index in [0.29, 0.717) is 5.89 Å². The Bertz CT molecular complexity index is 445. The Balaban J connectivity index is 1.81. The Hall–Kier alpha value is -0.840. The zero-order valence-electron chi connectivity index (χ0n) is 12.6. The maximum atomic E-state index is 11.9. The Morgan fingerprint density at radius 1 is 1.30 bits per heavy atom. The van der Waals surface area contributed by atoms with Crippen molar-refractivity contribution < 1.29 is 9.32 Å². The molecule has 1 fully saturated rings. The van der Waals surface area contributed by atoms with Gasteiger partial charge in [0, 0.05) is 10.7 Å². The molecule has 0 bridgehead atoms. The molecule has 4 nitrogen and oxygen atoms in total. The Kier molecular flexibility index (Phi) is 5.24. The SMILES string of the molecule is CC(C)(C)C(=O)Cc1nc(CSC2CCCCC2)no1. The molecule has 1 heterocycles. The summed E-state index contributed by atoms with van der Waals surface area (Å²) in [6, 6.07) is 0. The highest BCUT2D eigenvalue weighted by molar-refractivity contribution is 7.99. The predicted octanol–water partition coefficient (Wildman–Crippen LogP) is 3.79. The second-order valence-electron chi connectivity index (χ2n) is 6.53. The third-order valence-electron chi connectivity index (χ3n) is 3.66. The summed E-state index contributed by atoms with van der Waals surface area (Å²) in [4.78, 5) is 16.2. The molecule has 5 heteroatoms. The minimum Gasteiger partial charge on any atom is -0.339 e. The number of hydrogen-bond acceptors (Lipinski definition) is 5. The number of carbonyl (C=O) groups excluding carboxylic acids is 1. The molecule has 0 atom stereocenters. The van der Waals surface area contributed by atoms with Gasteiger partial charge in [-0.25, -0.2) is 0 Å². The van der Waals surface area contributed by atoms with Gasteiger partial charge in [0.1, 0.15) is 5.78 Å². The van der Waals surface area contributed by atoms with Crippen LogP contribution >= 0.6 is 11.8 Å². The van der Waals surface area contributed by atoms with Crippen LogP contribution in [0.2, 0.25) is 0 Å². The van der Waals surface area contributed by atoms with Crippen molar-refractivity contribution in [2.75, 3.05) is 0 Å². The van der Waals surface area contributed by atoms with E-state index in [9.17, 15) is 4.79 Å². The van der Waals surface area contributed by atoms with Crippen LogP contribution < -0.4 is 0 Å². The molecule has 1 aromatic rings. The molecule has 1 aliphatic carbocycles. The highest BCUT2D eigenvalue weighted by Crippen LogP contribution is 2.29. The zero-order valence-corrected chi connectivity index (χ0v) is 13.5. The van der Waals surface area contributed by atoms with E-state index in [1.807, 2.05) is 32.5 Å². The Morgan fingerprint density at radius 3 is 2.65 bits per heavy atom. The van der Waals surface area contributed by atoms with E-state index >= 15 is 0 Å². The summed E-state index contributed by atoms with van der Waals surface area (Å²) in [5.41, 5.74) is -0.356. The lowest BCUT2D eigenvalue weighted by Crippen LogP contribution is -2.22. The molecular formula is C15H24N2O2S. The van der Waals surface area contributed by atoms with Crippen molar-refractivity contribution >= 4 is 17.5 Å². The van der Waals surface area contributed by atoms with Crippen LogP contribution in [0.3, 0.4) is 0 Å². The molecule has 1 saturated carbocycles. The number of carbonyl (C=O) groups is 1. The van der Waals surface area contributed by atoms with Crippen molar-refractivity contribution in [3.8, 4) is 0 Å². The van der Waals surface area contributed by atoms with Gasteiger partial charge in [-0.15, -0.1) is 0 Å². The van der Waals surface area contributed by atoms with Gasteiger partial charge in [-0.3, -0.25) is 4.79 Å². The van der Waals surface area contributed by atoms with Crippen LogP contribution in [0.4, 0.5) is 0 Å². The minimum atomic E-state index is -0.356. The monoisotopic (exact) mass is 296 g/mol. The fourth-order valence-corrected chi connectivity index (χ4v) is 3.42. The molecule has 2 rings (SSSR count). The molecule has 0 unspecified atom stereocenters. The van der Waals surface area contributed by atoms with Crippen LogP contribution in [0.25, 0.3) is 0 Å². The molecule has 20 heavy (non-hydrogen) atoms. The summed E-state index contributed by atoms with van der Waals surface area (Å²) >= 11 is 1.92.